The number of rotatable bonds is 1. The summed E-state index contributed by atoms with van der Waals surface area (Å²) in [6.45, 7) is 0. The van der Waals surface area contributed by atoms with Crippen LogP contribution in [0.25, 0.3) is 0 Å². The maximum atomic E-state index is 12.5. The number of nitrogens with zero attached hydrogens (tertiary/aromatic N) is 2. The third-order valence-corrected chi connectivity index (χ3v) is 4.20. The minimum atomic E-state index is -0.317. The van der Waals surface area contributed by atoms with Crippen molar-refractivity contribution in [1.82, 2.24) is 10.3 Å². The Hall–Kier alpha value is -2.34. The van der Waals surface area contributed by atoms with Crippen LogP contribution in [0.15, 0.2) is 40.2 Å². The van der Waals surface area contributed by atoms with Crippen LogP contribution >= 0.6 is 11.6 Å². The van der Waals surface area contributed by atoms with Gasteiger partial charge in [0, 0.05) is 22.7 Å². The van der Waals surface area contributed by atoms with Gasteiger partial charge in [0.05, 0.1) is 6.04 Å². The molecule has 6 nitrogen and oxygen atoms in total. The smallest absolute Gasteiger partial charge is 0.219 e. The summed E-state index contributed by atoms with van der Waals surface area (Å²) in [7, 11) is 0. The monoisotopic (exact) mass is 316 g/mol. The minimum Gasteiger partial charge on any atom is -0.353 e. The van der Waals surface area contributed by atoms with Gasteiger partial charge in [-0.1, -0.05) is 23.7 Å². The average Bonchev–Trinajstić information content (AvgIpc) is 2.86. The largest absolute Gasteiger partial charge is 0.353 e. The molecule has 2 aliphatic rings. The van der Waals surface area contributed by atoms with Gasteiger partial charge in [0.15, 0.2) is 5.78 Å². The van der Waals surface area contributed by atoms with Gasteiger partial charge in [-0.2, -0.15) is 0 Å². The van der Waals surface area contributed by atoms with Crippen molar-refractivity contribution in [2.24, 2.45) is 0 Å². The topological polar surface area (TPSA) is 80.1 Å². The Morgan fingerprint density at radius 1 is 1.23 bits per heavy atom. The van der Waals surface area contributed by atoms with E-state index in [9.17, 15) is 4.79 Å². The van der Waals surface area contributed by atoms with E-state index in [0.29, 0.717) is 23.1 Å². The molecule has 1 aromatic carbocycles. The fraction of sp³-hybridized carbons (Fsp3) is 0.267. The number of allylic oxidation sites excluding steroid dienone is 1. The molecular formula is C15H13ClN4O2. The normalized spacial score (nSPS) is 20.6. The lowest BCUT2D eigenvalue weighted by Crippen LogP contribution is -2.23. The Morgan fingerprint density at radius 3 is 2.95 bits per heavy atom. The van der Waals surface area contributed by atoms with Crippen molar-refractivity contribution in [3.63, 3.8) is 0 Å². The molecular weight excluding hydrogens is 304 g/mol. The molecule has 0 spiro atoms. The first-order valence-corrected chi connectivity index (χ1v) is 7.48. The summed E-state index contributed by atoms with van der Waals surface area (Å²) in [6.07, 6.45) is 2.17. The fourth-order valence-corrected chi connectivity index (χ4v) is 3.18. The predicted molar refractivity (Wildman–Crippen MR) is 81.6 cm³/mol. The number of benzene rings is 1. The second kappa shape index (κ2) is 5.14. The van der Waals surface area contributed by atoms with E-state index >= 15 is 0 Å². The van der Waals surface area contributed by atoms with E-state index in [1.165, 1.54) is 0 Å². The summed E-state index contributed by atoms with van der Waals surface area (Å²) in [6, 6.07) is 7.15. The standard InChI is InChI=1S/C15H13ClN4O2/c16-9-4-1-3-8(7-9)13-12-10(5-2-6-11(12)21)17-14-15(18-13)20-22-19-14/h1,3-4,7,13H,2,5-6H2,(H,17,19)(H,18,20)/t13-/m0/s1. The number of ketones is 1. The van der Waals surface area contributed by atoms with Gasteiger partial charge in [0.25, 0.3) is 0 Å². The van der Waals surface area contributed by atoms with Crippen molar-refractivity contribution in [3.8, 4) is 0 Å². The highest BCUT2D eigenvalue weighted by atomic mass is 35.5. The first-order chi connectivity index (χ1) is 10.7. The number of aromatic nitrogens is 2. The summed E-state index contributed by atoms with van der Waals surface area (Å²) in [5.74, 6) is 1.13. The van der Waals surface area contributed by atoms with Gasteiger partial charge < -0.3 is 10.6 Å². The molecule has 1 atom stereocenters. The van der Waals surface area contributed by atoms with Gasteiger partial charge in [0.1, 0.15) is 0 Å². The third-order valence-electron chi connectivity index (χ3n) is 3.97. The molecule has 1 aliphatic carbocycles. The van der Waals surface area contributed by atoms with Crippen LogP contribution in [0, 0.1) is 0 Å². The quantitative estimate of drug-likeness (QED) is 0.840. The molecule has 22 heavy (non-hydrogen) atoms. The van der Waals surface area contributed by atoms with E-state index < -0.39 is 0 Å². The molecule has 1 aromatic heterocycles. The zero-order chi connectivity index (χ0) is 15.1. The Bertz CT molecular complexity index is 783. The number of carbonyl (C=O) groups excluding carboxylic acids is 1. The van der Waals surface area contributed by atoms with Crippen LogP contribution in [0.1, 0.15) is 30.9 Å². The number of carbonyl (C=O) groups is 1. The van der Waals surface area contributed by atoms with Crippen LogP contribution < -0.4 is 10.6 Å². The number of hydrogen-bond donors (Lipinski definition) is 2. The molecule has 2 N–H and O–H groups in total. The molecule has 0 amide bonds. The molecule has 1 aliphatic heterocycles. The van der Waals surface area contributed by atoms with Gasteiger partial charge >= 0.3 is 0 Å². The van der Waals surface area contributed by atoms with Crippen LogP contribution in [-0.4, -0.2) is 16.1 Å². The number of halogens is 1. The predicted octanol–water partition coefficient (Wildman–Crippen LogP) is 3.31. The Balaban J connectivity index is 1.88. The van der Waals surface area contributed by atoms with Crippen LogP contribution in [0.5, 0.6) is 0 Å². The summed E-state index contributed by atoms with van der Waals surface area (Å²) in [4.78, 5) is 12.5. The zero-order valence-corrected chi connectivity index (χ0v) is 12.4. The summed E-state index contributed by atoms with van der Waals surface area (Å²) >= 11 is 6.10. The van der Waals surface area contributed by atoms with Crippen molar-refractivity contribution in [2.75, 3.05) is 10.6 Å². The molecule has 0 unspecified atom stereocenters. The molecule has 2 heterocycles. The van der Waals surface area contributed by atoms with Gasteiger partial charge in [-0.3, -0.25) is 4.79 Å². The van der Waals surface area contributed by atoms with Gasteiger partial charge in [-0.15, -0.1) is 0 Å². The molecule has 0 saturated heterocycles. The van der Waals surface area contributed by atoms with Crippen molar-refractivity contribution in [1.29, 1.82) is 0 Å². The van der Waals surface area contributed by atoms with Crippen molar-refractivity contribution in [3.05, 3.63) is 46.1 Å². The molecule has 0 saturated carbocycles. The summed E-state index contributed by atoms with van der Waals surface area (Å²) in [5, 5.41) is 14.8. The van der Waals surface area contributed by atoms with Crippen LogP contribution in [-0.2, 0) is 4.79 Å². The van der Waals surface area contributed by atoms with Crippen LogP contribution in [0.3, 0.4) is 0 Å². The summed E-state index contributed by atoms with van der Waals surface area (Å²) in [5.41, 5.74) is 2.52. The van der Waals surface area contributed by atoms with E-state index in [-0.39, 0.29) is 11.8 Å². The van der Waals surface area contributed by atoms with Crippen LogP contribution in [0.2, 0.25) is 5.02 Å². The highest BCUT2D eigenvalue weighted by Gasteiger charge is 2.33. The Labute approximate surface area is 131 Å². The van der Waals surface area contributed by atoms with E-state index in [1.807, 2.05) is 18.2 Å². The number of anilines is 2. The maximum Gasteiger partial charge on any atom is 0.219 e. The van der Waals surface area contributed by atoms with E-state index in [0.717, 1.165) is 29.7 Å². The van der Waals surface area contributed by atoms with Crippen molar-refractivity contribution < 1.29 is 9.42 Å². The van der Waals surface area contributed by atoms with E-state index in [1.54, 1.807) is 6.07 Å². The number of hydrogen-bond acceptors (Lipinski definition) is 6. The van der Waals surface area contributed by atoms with Gasteiger partial charge in [-0.25, -0.2) is 4.63 Å². The lowest BCUT2D eigenvalue weighted by Gasteiger charge is -2.25. The number of Topliss-reactive ketones (excluding diaryl/α,β-unsaturated/α-hetero) is 1. The van der Waals surface area contributed by atoms with E-state index in [2.05, 4.69) is 20.9 Å². The molecule has 112 valence electrons. The van der Waals surface area contributed by atoms with Crippen molar-refractivity contribution >= 4 is 29.0 Å². The second-order valence-electron chi connectivity index (χ2n) is 5.39. The second-order valence-corrected chi connectivity index (χ2v) is 5.82. The Morgan fingerprint density at radius 2 is 2.09 bits per heavy atom. The van der Waals surface area contributed by atoms with Gasteiger partial charge in [-0.05, 0) is 40.9 Å². The summed E-state index contributed by atoms with van der Waals surface area (Å²) < 4.78 is 4.78. The highest BCUT2D eigenvalue weighted by Crippen LogP contribution is 2.39. The number of nitrogens with one attached hydrogen (secondary N) is 2. The first-order valence-electron chi connectivity index (χ1n) is 7.10. The zero-order valence-electron chi connectivity index (χ0n) is 11.6. The third kappa shape index (κ3) is 2.16. The molecule has 0 radical (unpaired) electrons. The Kier molecular flexibility index (Phi) is 3.11. The van der Waals surface area contributed by atoms with E-state index in [4.69, 9.17) is 16.2 Å². The van der Waals surface area contributed by atoms with Crippen LogP contribution in [0.4, 0.5) is 11.6 Å². The van der Waals surface area contributed by atoms with Crippen molar-refractivity contribution in [2.45, 2.75) is 25.3 Å². The van der Waals surface area contributed by atoms with Gasteiger partial charge in [0.2, 0.25) is 11.6 Å². The first kappa shape index (κ1) is 13.3. The molecule has 4 rings (SSSR count). The minimum absolute atomic E-state index is 0.133. The lowest BCUT2D eigenvalue weighted by atomic mass is 9.87. The SMILES string of the molecule is O=C1CCCC2=C1[C@H](c1cccc(Cl)c1)Nc1nonc1N2. The lowest BCUT2D eigenvalue weighted by molar-refractivity contribution is -0.116. The molecule has 0 bridgehead atoms. The number of fused-ring (bicyclic) bond motifs is 1. The molecule has 2 aromatic rings. The maximum absolute atomic E-state index is 12.5. The highest BCUT2D eigenvalue weighted by molar-refractivity contribution is 6.30. The average molecular weight is 317 g/mol. The molecule has 0 fully saturated rings. The fourth-order valence-electron chi connectivity index (χ4n) is 2.98. The molecule has 7 heteroatoms.